The quantitative estimate of drug-likeness (QED) is 0.717. The fraction of sp³-hybridized carbons (Fsp3) is 0.455. The van der Waals surface area contributed by atoms with Gasteiger partial charge in [-0.1, -0.05) is 0 Å². The van der Waals surface area contributed by atoms with Gasteiger partial charge in [0.25, 0.3) is 5.91 Å². The van der Waals surface area contributed by atoms with Crippen LogP contribution < -0.4 is 0 Å². The number of amides is 1. The van der Waals surface area contributed by atoms with Crippen LogP contribution in [0.15, 0.2) is 18.5 Å². The largest absolute Gasteiger partial charge is 0.377 e. The van der Waals surface area contributed by atoms with Crippen molar-refractivity contribution in [2.75, 3.05) is 19.8 Å². The maximum atomic E-state index is 13.4. The molecule has 86 valence electrons. The number of rotatable bonds is 1. The first kappa shape index (κ1) is 11.0. The van der Waals surface area contributed by atoms with E-state index in [1.54, 1.807) is 4.90 Å². The van der Waals surface area contributed by atoms with Crippen LogP contribution in [0.1, 0.15) is 17.3 Å². The Hall–Kier alpha value is -1.49. The number of morpholine rings is 1. The van der Waals surface area contributed by atoms with Gasteiger partial charge in [-0.05, 0) is 13.0 Å². The predicted octanol–water partition coefficient (Wildman–Crippen LogP) is 1.08. The smallest absolute Gasteiger partial charge is 0.257 e. The molecule has 16 heavy (non-hydrogen) atoms. The van der Waals surface area contributed by atoms with Gasteiger partial charge in [-0.3, -0.25) is 9.78 Å². The first-order chi connectivity index (χ1) is 7.70. The van der Waals surface area contributed by atoms with Crippen molar-refractivity contribution in [3.63, 3.8) is 0 Å². The second-order valence-electron chi connectivity index (χ2n) is 3.78. The molecule has 4 nitrogen and oxygen atoms in total. The van der Waals surface area contributed by atoms with Crippen molar-refractivity contribution in [3.8, 4) is 0 Å². The van der Waals surface area contributed by atoms with Crippen LogP contribution in [-0.4, -0.2) is 41.6 Å². The number of hydrogen-bond acceptors (Lipinski definition) is 3. The van der Waals surface area contributed by atoms with Gasteiger partial charge in [0.15, 0.2) is 5.82 Å². The molecule has 0 bridgehead atoms. The molecule has 2 heterocycles. The molecule has 1 aromatic heterocycles. The van der Waals surface area contributed by atoms with Crippen LogP contribution in [0, 0.1) is 5.82 Å². The van der Waals surface area contributed by atoms with E-state index in [4.69, 9.17) is 4.74 Å². The van der Waals surface area contributed by atoms with E-state index in [1.807, 2.05) is 6.92 Å². The molecule has 0 saturated carbocycles. The molecule has 1 fully saturated rings. The number of carbonyl (C=O) groups excluding carboxylic acids is 1. The van der Waals surface area contributed by atoms with Crippen molar-refractivity contribution in [1.29, 1.82) is 0 Å². The SMILES string of the molecule is CC1COCCN1C(=O)c1ccncc1F. The lowest BCUT2D eigenvalue weighted by Gasteiger charge is -2.33. The zero-order chi connectivity index (χ0) is 11.5. The molecule has 1 atom stereocenters. The van der Waals surface area contributed by atoms with Crippen LogP contribution in [0.5, 0.6) is 0 Å². The maximum Gasteiger partial charge on any atom is 0.257 e. The molecule has 0 aromatic carbocycles. The third-order valence-corrected chi connectivity index (χ3v) is 2.63. The highest BCUT2D eigenvalue weighted by Crippen LogP contribution is 2.13. The molecule has 1 saturated heterocycles. The van der Waals surface area contributed by atoms with E-state index < -0.39 is 5.82 Å². The third-order valence-electron chi connectivity index (χ3n) is 2.63. The summed E-state index contributed by atoms with van der Waals surface area (Å²) < 4.78 is 18.6. The highest BCUT2D eigenvalue weighted by Gasteiger charge is 2.26. The fourth-order valence-corrected chi connectivity index (χ4v) is 1.73. The van der Waals surface area contributed by atoms with Crippen LogP contribution >= 0.6 is 0 Å². The van der Waals surface area contributed by atoms with E-state index >= 15 is 0 Å². The summed E-state index contributed by atoms with van der Waals surface area (Å²) in [6.07, 6.45) is 2.47. The van der Waals surface area contributed by atoms with Crippen LogP contribution in [0.3, 0.4) is 0 Å². The molecule has 1 amide bonds. The van der Waals surface area contributed by atoms with E-state index in [2.05, 4.69) is 4.98 Å². The highest BCUT2D eigenvalue weighted by molar-refractivity contribution is 5.94. The summed E-state index contributed by atoms with van der Waals surface area (Å²) in [4.78, 5) is 17.3. The van der Waals surface area contributed by atoms with Crippen molar-refractivity contribution in [2.45, 2.75) is 13.0 Å². The number of halogens is 1. The molecule has 1 aliphatic rings. The lowest BCUT2D eigenvalue weighted by molar-refractivity contribution is 0.00334. The Morgan fingerprint density at radius 1 is 1.69 bits per heavy atom. The summed E-state index contributed by atoms with van der Waals surface area (Å²) >= 11 is 0. The van der Waals surface area contributed by atoms with Crippen molar-refractivity contribution in [1.82, 2.24) is 9.88 Å². The predicted molar refractivity (Wildman–Crippen MR) is 55.5 cm³/mol. The number of aromatic nitrogens is 1. The third kappa shape index (κ3) is 2.04. The van der Waals surface area contributed by atoms with Crippen LogP contribution in [-0.2, 0) is 4.74 Å². The Morgan fingerprint density at radius 3 is 3.19 bits per heavy atom. The average Bonchev–Trinajstić information content (AvgIpc) is 2.29. The Balaban J connectivity index is 2.21. The van der Waals surface area contributed by atoms with E-state index in [1.165, 1.54) is 12.3 Å². The average molecular weight is 224 g/mol. The van der Waals surface area contributed by atoms with Gasteiger partial charge in [0.1, 0.15) is 0 Å². The van der Waals surface area contributed by atoms with Crippen molar-refractivity contribution >= 4 is 5.91 Å². The monoisotopic (exact) mass is 224 g/mol. The molecule has 0 radical (unpaired) electrons. The lowest BCUT2D eigenvalue weighted by Crippen LogP contribution is -2.47. The molecule has 0 N–H and O–H groups in total. The minimum absolute atomic E-state index is 0.0196. The van der Waals surface area contributed by atoms with Crippen molar-refractivity contribution in [3.05, 3.63) is 29.8 Å². The Morgan fingerprint density at radius 2 is 2.50 bits per heavy atom. The maximum absolute atomic E-state index is 13.4. The van der Waals surface area contributed by atoms with Crippen LogP contribution in [0.25, 0.3) is 0 Å². The van der Waals surface area contributed by atoms with E-state index in [-0.39, 0.29) is 17.5 Å². The number of hydrogen-bond donors (Lipinski definition) is 0. The second kappa shape index (κ2) is 4.57. The number of pyridine rings is 1. The van der Waals surface area contributed by atoms with Gasteiger partial charge < -0.3 is 9.64 Å². The summed E-state index contributed by atoms with van der Waals surface area (Å²) in [5.41, 5.74) is 0.0729. The Labute approximate surface area is 93.0 Å². The van der Waals surface area contributed by atoms with Gasteiger partial charge in [-0.2, -0.15) is 0 Å². The van der Waals surface area contributed by atoms with E-state index in [0.717, 1.165) is 6.20 Å². The van der Waals surface area contributed by atoms with E-state index in [0.29, 0.717) is 19.8 Å². The summed E-state index contributed by atoms with van der Waals surface area (Å²) in [7, 11) is 0. The second-order valence-corrected chi connectivity index (χ2v) is 3.78. The highest BCUT2D eigenvalue weighted by atomic mass is 19.1. The zero-order valence-corrected chi connectivity index (χ0v) is 9.02. The Kier molecular flexibility index (Phi) is 3.14. The molecule has 2 rings (SSSR count). The zero-order valence-electron chi connectivity index (χ0n) is 9.02. The molecule has 0 aliphatic carbocycles. The number of nitrogens with zero attached hydrogens (tertiary/aromatic N) is 2. The van der Waals surface area contributed by atoms with Gasteiger partial charge in [0.2, 0.25) is 0 Å². The van der Waals surface area contributed by atoms with Crippen LogP contribution in [0.2, 0.25) is 0 Å². The fourth-order valence-electron chi connectivity index (χ4n) is 1.73. The van der Waals surface area contributed by atoms with Crippen molar-refractivity contribution in [2.24, 2.45) is 0 Å². The molecule has 1 unspecified atom stereocenters. The summed E-state index contributed by atoms with van der Waals surface area (Å²) in [5.74, 6) is -0.873. The van der Waals surface area contributed by atoms with Gasteiger partial charge in [-0.25, -0.2) is 4.39 Å². The molecule has 1 aliphatic heterocycles. The Bertz CT molecular complexity index is 397. The van der Waals surface area contributed by atoms with Gasteiger partial charge in [0, 0.05) is 12.7 Å². The number of ether oxygens (including phenoxy) is 1. The normalized spacial score (nSPS) is 20.9. The summed E-state index contributed by atoms with van der Waals surface area (Å²) in [5, 5.41) is 0. The summed E-state index contributed by atoms with van der Waals surface area (Å²) in [6, 6.07) is 1.38. The van der Waals surface area contributed by atoms with Crippen molar-refractivity contribution < 1.29 is 13.9 Å². The van der Waals surface area contributed by atoms with Gasteiger partial charge >= 0.3 is 0 Å². The lowest BCUT2D eigenvalue weighted by atomic mass is 10.2. The van der Waals surface area contributed by atoms with E-state index in [9.17, 15) is 9.18 Å². The molecular formula is C11H13FN2O2. The molecule has 1 aromatic rings. The van der Waals surface area contributed by atoms with Gasteiger partial charge in [0.05, 0.1) is 31.0 Å². The first-order valence-electron chi connectivity index (χ1n) is 5.18. The summed E-state index contributed by atoms with van der Waals surface area (Å²) in [6.45, 7) is 3.39. The minimum atomic E-state index is -0.578. The van der Waals surface area contributed by atoms with Crippen LogP contribution in [0.4, 0.5) is 4.39 Å². The molecule has 5 heteroatoms. The minimum Gasteiger partial charge on any atom is -0.377 e. The topological polar surface area (TPSA) is 42.4 Å². The molecule has 0 spiro atoms. The number of carbonyl (C=O) groups is 1. The molecular weight excluding hydrogens is 211 g/mol. The first-order valence-corrected chi connectivity index (χ1v) is 5.18. The van der Waals surface area contributed by atoms with Gasteiger partial charge in [-0.15, -0.1) is 0 Å². The standard InChI is InChI=1S/C11H13FN2O2/c1-8-7-16-5-4-14(8)11(15)9-2-3-13-6-10(9)12/h2-3,6,8H,4-5,7H2,1H3.